The Morgan fingerprint density at radius 2 is 1.84 bits per heavy atom. The molecule has 43 heavy (non-hydrogen) atoms. The number of nitrogens with zero attached hydrogens (tertiary/aromatic N) is 3. The Hall–Kier alpha value is -2.49. The van der Waals surface area contributed by atoms with Crippen LogP contribution in [-0.2, 0) is 25.7 Å². The molecular formula is C34H48BrN3O5. The van der Waals surface area contributed by atoms with Gasteiger partial charge in [-0.2, -0.15) is 0 Å². The number of fused-ring (bicyclic) bond motifs is 1. The van der Waals surface area contributed by atoms with Crippen molar-refractivity contribution >= 4 is 33.7 Å². The van der Waals surface area contributed by atoms with Gasteiger partial charge in [0.1, 0.15) is 11.6 Å². The monoisotopic (exact) mass is 657 g/mol. The maximum atomic E-state index is 14.7. The van der Waals surface area contributed by atoms with Crippen LogP contribution in [0.5, 0.6) is 0 Å². The van der Waals surface area contributed by atoms with Crippen LogP contribution in [-0.4, -0.2) is 91.9 Å². The van der Waals surface area contributed by atoms with E-state index in [0.717, 1.165) is 18.4 Å². The molecule has 3 saturated heterocycles. The molecule has 3 fully saturated rings. The highest BCUT2D eigenvalue weighted by Crippen LogP contribution is 2.61. The van der Waals surface area contributed by atoms with Crippen LogP contribution in [0, 0.1) is 17.8 Å². The third-order valence-electron chi connectivity index (χ3n) is 9.82. The van der Waals surface area contributed by atoms with Crippen molar-refractivity contribution in [2.45, 2.75) is 94.6 Å². The molecule has 1 spiro atoms. The van der Waals surface area contributed by atoms with E-state index in [2.05, 4.69) is 36.0 Å². The van der Waals surface area contributed by atoms with Crippen molar-refractivity contribution in [2.75, 3.05) is 19.7 Å². The van der Waals surface area contributed by atoms with Crippen molar-refractivity contribution in [3.63, 3.8) is 0 Å². The topological polar surface area (TPSA) is 90.4 Å². The SMILES string of the molecule is C=CCN(Cc1ccccc1)C(=O)[C@H]1[C@@H]2OC3(CC2Br)C(C(=O)N(CC=C)C(C)CCC)N([C@@H](CO)[C@@H](C)CC)C(=O)[C@H]13. The minimum absolute atomic E-state index is 0.0677. The van der Waals surface area contributed by atoms with Gasteiger partial charge in [0.2, 0.25) is 17.7 Å². The summed E-state index contributed by atoms with van der Waals surface area (Å²) in [7, 11) is 0. The number of carbonyl (C=O) groups is 3. The van der Waals surface area contributed by atoms with Crippen molar-refractivity contribution in [2.24, 2.45) is 17.8 Å². The smallest absolute Gasteiger partial charge is 0.248 e. The Morgan fingerprint density at radius 3 is 2.42 bits per heavy atom. The summed E-state index contributed by atoms with van der Waals surface area (Å²) < 4.78 is 6.78. The van der Waals surface area contributed by atoms with Crippen LogP contribution in [0.4, 0.5) is 0 Å². The molecule has 9 heteroatoms. The molecule has 3 aliphatic rings. The molecule has 1 N–H and O–H groups in total. The summed E-state index contributed by atoms with van der Waals surface area (Å²) in [6.07, 6.45) is 5.68. The van der Waals surface area contributed by atoms with Crippen LogP contribution in [0.25, 0.3) is 0 Å². The number of hydrogen-bond acceptors (Lipinski definition) is 5. The summed E-state index contributed by atoms with van der Waals surface area (Å²) in [6.45, 7) is 16.6. The standard InChI is InChI=1S/C34H48BrN3O5/c1-7-14-23(6)37(18-9-3)33(42)30-34-19-25(35)29(43-34)27(28(34)32(41)38(30)26(21-39)22(5)10-4)31(40)36(17-8-2)20-24-15-12-11-13-16-24/h8-9,11-13,15-16,22-23,25-30,39H,2-3,7,10,14,17-21H2,1,4-6H3/t22-,23?,25?,26-,27+,28-,29+,30?,34?/m0/s1. The number of benzene rings is 1. The Bertz CT molecular complexity index is 1180. The second-order valence-electron chi connectivity index (χ2n) is 12.5. The molecule has 3 heterocycles. The van der Waals surface area contributed by atoms with Gasteiger partial charge >= 0.3 is 0 Å². The molecule has 8 nitrogen and oxygen atoms in total. The van der Waals surface area contributed by atoms with E-state index in [1.807, 2.05) is 51.1 Å². The number of hydrogen-bond donors (Lipinski definition) is 1. The first-order valence-electron chi connectivity index (χ1n) is 15.7. The fourth-order valence-corrected chi connectivity index (χ4v) is 8.50. The number of amides is 3. The molecule has 1 aromatic carbocycles. The molecule has 0 aliphatic carbocycles. The van der Waals surface area contributed by atoms with Gasteiger partial charge in [-0.15, -0.1) is 13.2 Å². The van der Waals surface area contributed by atoms with Gasteiger partial charge in [0.15, 0.2) is 0 Å². The van der Waals surface area contributed by atoms with Gasteiger partial charge in [0.25, 0.3) is 0 Å². The molecule has 4 rings (SSSR count). The fourth-order valence-electron chi connectivity index (χ4n) is 7.56. The maximum Gasteiger partial charge on any atom is 0.248 e. The van der Waals surface area contributed by atoms with Gasteiger partial charge in [-0.1, -0.05) is 92.0 Å². The lowest BCUT2D eigenvalue weighted by atomic mass is 9.70. The summed E-state index contributed by atoms with van der Waals surface area (Å²) in [5.41, 5.74) is -0.215. The Morgan fingerprint density at radius 1 is 1.16 bits per heavy atom. The van der Waals surface area contributed by atoms with Gasteiger partial charge in [-0.25, -0.2) is 0 Å². The van der Waals surface area contributed by atoms with E-state index >= 15 is 0 Å². The van der Waals surface area contributed by atoms with E-state index < -0.39 is 35.6 Å². The number of halogens is 1. The molecule has 2 bridgehead atoms. The number of ether oxygens (including phenoxy) is 1. The second kappa shape index (κ2) is 14.1. The molecule has 236 valence electrons. The number of carbonyl (C=O) groups excluding carboxylic acids is 3. The van der Waals surface area contributed by atoms with E-state index in [-0.39, 0.29) is 41.1 Å². The number of aliphatic hydroxyl groups is 1. The number of rotatable bonds is 15. The number of aliphatic hydroxyl groups excluding tert-OH is 1. The normalized spacial score (nSPS) is 29.6. The summed E-state index contributed by atoms with van der Waals surface area (Å²) in [4.78, 5) is 48.8. The first-order chi connectivity index (χ1) is 20.6. The van der Waals surface area contributed by atoms with Crippen molar-refractivity contribution in [3.05, 3.63) is 61.2 Å². The van der Waals surface area contributed by atoms with E-state index in [9.17, 15) is 19.5 Å². The highest BCUT2D eigenvalue weighted by Gasteiger charge is 2.77. The van der Waals surface area contributed by atoms with Crippen LogP contribution in [0.3, 0.4) is 0 Å². The molecule has 9 atom stereocenters. The highest BCUT2D eigenvalue weighted by atomic mass is 79.9. The number of likely N-dealkylation sites (tertiary alicyclic amines) is 1. The zero-order valence-corrected chi connectivity index (χ0v) is 27.6. The average Bonchev–Trinajstić information content (AvgIpc) is 3.59. The van der Waals surface area contributed by atoms with Crippen molar-refractivity contribution in [3.8, 4) is 0 Å². The van der Waals surface area contributed by atoms with Gasteiger partial charge in [0, 0.05) is 30.5 Å². The lowest BCUT2D eigenvalue weighted by Gasteiger charge is -2.42. The van der Waals surface area contributed by atoms with Crippen LogP contribution < -0.4 is 0 Å². The maximum absolute atomic E-state index is 14.7. The van der Waals surface area contributed by atoms with E-state index in [1.165, 1.54) is 0 Å². The fraction of sp³-hybridized carbons (Fsp3) is 0.618. The van der Waals surface area contributed by atoms with Crippen molar-refractivity contribution in [1.82, 2.24) is 14.7 Å². The Labute approximate surface area is 265 Å². The minimum atomic E-state index is -1.19. The molecule has 0 saturated carbocycles. The summed E-state index contributed by atoms with van der Waals surface area (Å²) in [5.74, 6) is -2.34. The minimum Gasteiger partial charge on any atom is -0.394 e. The quantitative estimate of drug-likeness (QED) is 0.221. The number of alkyl halides is 1. The largest absolute Gasteiger partial charge is 0.394 e. The Kier molecular flexibility index (Phi) is 10.9. The predicted molar refractivity (Wildman–Crippen MR) is 171 cm³/mol. The molecule has 1 aromatic rings. The molecule has 0 radical (unpaired) electrons. The van der Waals surface area contributed by atoms with Crippen LogP contribution in [0.2, 0.25) is 0 Å². The van der Waals surface area contributed by atoms with Crippen molar-refractivity contribution < 1.29 is 24.2 Å². The van der Waals surface area contributed by atoms with Gasteiger partial charge in [-0.05, 0) is 31.2 Å². The van der Waals surface area contributed by atoms with Gasteiger partial charge in [-0.3, -0.25) is 14.4 Å². The van der Waals surface area contributed by atoms with Gasteiger partial charge in [0.05, 0.1) is 30.6 Å². The first kappa shape index (κ1) is 33.4. The van der Waals surface area contributed by atoms with Crippen molar-refractivity contribution in [1.29, 1.82) is 0 Å². The third kappa shape index (κ3) is 5.97. The second-order valence-corrected chi connectivity index (χ2v) is 13.6. The summed E-state index contributed by atoms with van der Waals surface area (Å²) in [5, 5.41) is 10.6. The van der Waals surface area contributed by atoms with E-state index in [1.54, 1.807) is 26.9 Å². The summed E-state index contributed by atoms with van der Waals surface area (Å²) in [6, 6.07) is 8.11. The summed E-state index contributed by atoms with van der Waals surface area (Å²) >= 11 is 3.79. The molecule has 0 aromatic heterocycles. The zero-order chi connectivity index (χ0) is 31.5. The first-order valence-corrected chi connectivity index (χ1v) is 16.6. The lowest BCUT2D eigenvalue weighted by molar-refractivity contribution is -0.154. The lowest BCUT2D eigenvalue weighted by Crippen LogP contribution is -2.61. The molecule has 4 unspecified atom stereocenters. The zero-order valence-electron chi connectivity index (χ0n) is 26.0. The van der Waals surface area contributed by atoms with E-state index in [0.29, 0.717) is 32.5 Å². The van der Waals surface area contributed by atoms with Crippen LogP contribution in [0.15, 0.2) is 55.6 Å². The van der Waals surface area contributed by atoms with Gasteiger partial charge < -0.3 is 24.5 Å². The predicted octanol–water partition coefficient (Wildman–Crippen LogP) is 4.56. The molecule has 3 aliphatic heterocycles. The van der Waals surface area contributed by atoms with Crippen LogP contribution in [0.1, 0.15) is 58.9 Å². The molecule has 3 amide bonds. The third-order valence-corrected chi connectivity index (χ3v) is 10.7. The van der Waals surface area contributed by atoms with Crippen LogP contribution >= 0.6 is 15.9 Å². The van der Waals surface area contributed by atoms with E-state index in [4.69, 9.17) is 4.74 Å². The Balaban J connectivity index is 1.81. The molecular weight excluding hydrogens is 610 g/mol. The average molecular weight is 659 g/mol. The highest BCUT2D eigenvalue weighted by molar-refractivity contribution is 9.09.